The zero-order valence-corrected chi connectivity index (χ0v) is 15.8. The molecule has 0 saturated carbocycles. The van der Waals surface area contributed by atoms with E-state index in [0.717, 1.165) is 34.8 Å². The minimum Gasteiger partial charge on any atom is -0.404 e. The van der Waals surface area contributed by atoms with Crippen LogP contribution in [0.5, 0.6) is 0 Å². The fourth-order valence-corrected chi connectivity index (χ4v) is 3.28. The van der Waals surface area contributed by atoms with Gasteiger partial charge < -0.3 is 20.8 Å². The maximum atomic E-state index is 13.0. The zero-order valence-electron chi connectivity index (χ0n) is 15.8. The average Bonchev–Trinajstić information content (AvgIpc) is 3.09. The summed E-state index contributed by atoms with van der Waals surface area (Å²) in [6, 6.07) is 10.6. The molecule has 0 radical (unpaired) electrons. The van der Waals surface area contributed by atoms with Gasteiger partial charge in [0, 0.05) is 47.2 Å². The summed E-state index contributed by atoms with van der Waals surface area (Å²) in [4.78, 5) is 0. The first kappa shape index (κ1) is 22.4. The number of halogens is 6. The molecule has 2 aromatic carbocycles. The van der Waals surface area contributed by atoms with Crippen LogP contribution >= 0.6 is 0 Å². The summed E-state index contributed by atoms with van der Waals surface area (Å²) in [5, 5.41) is 17.7. The van der Waals surface area contributed by atoms with E-state index < -0.39 is 23.5 Å². The number of rotatable bonds is 5. The molecular weight excluding hydrogens is 424 g/mol. The van der Waals surface area contributed by atoms with E-state index in [1.807, 2.05) is 6.07 Å². The van der Waals surface area contributed by atoms with E-state index in [0.29, 0.717) is 23.3 Å². The lowest BCUT2D eigenvalue weighted by molar-refractivity contribution is -0.376. The summed E-state index contributed by atoms with van der Waals surface area (Å²) in [5.74, 6) is 0. The van der Waals surface area contributed by atoms with E-state index in [1.165, 1.54) is 6.20 Å². The van der Waals surface area contributed by atoms with Crippen LogP contribution in [0.1, 0.15) is 16.7 Å². The van der Waals surface area contributed by atoms with Crippen molar-refractivity contribution in [2.45, 2.75) is 24.5 Å². The normalized spacial score (nSPS) is 13.6. The van der Waals surface area contributed by atoms with E-state index in [9.17, 15) is 31.4 Å². The van der Waals surface area contributed by atoms with Gasteiger partial charge in [-0.15, -0.1) is 0 Å². The number of aliphatic hydroxyl groups is 1. The Morgan fingerprint density at radius 1 is 0.968 bits per heavy atom. The van der Waals surface area contributed by atoms with Gasteiger partial charge in [0.05, 0.1) is 0 Å². The van der Waals surface area contributed by atoms with E-state index >= 15 is 0 Å². The van der Waals surface area contributed by atoms with Crippen LogP contribution in [-0.2, 0) is 12.1 Å². The molecule has 0 atom stereocenters. The highest BCUT2D eigenvalue weighted by atomic mass is 19.4. The highest BCUT2D eigenvalue weighted by Gasteiger charge is 2.71. The Morgan fingerprint density at radius 3 is 2.10 bits per heavy atom. The van der Waals surface area contributed by atoms with Gasteiger partial charge in [-0.1, -0.05) is 30.3 Å². The summed E-state index contributed by atoms with van der Waals surface area (Å²) >= 11 is 0. The van der Waals surface area contributed by atoms with E-state index in [2.05, 4.69) is 0 Å². The topological polar surface area (TPSA) is 75.0 Å². The van der Waals surface area contributed by atoms with Gasteiger partial charge in [0.25, 0.3) is 5.60 Å². The predicted molar refractivity (Wildman–Crippen MR) is 104 cm³/mol. The van der Waals surface area contributed by atoms with Gasteiger partial charge in [0.2, 0.25) is 0 Å². The third-order valence-electron chi connectivity index (χ3n) is 4.98. The number of nitrogens with two attached hydrogens (primary N) is 1. The second-order valence-electron chi connectivity index (χ2n) is 6.89. The highest BCUT2D eigenvalue weighted by molar-refractivity contribution is 6.09. The van der Waals surface area contributed by atoms with Crippen molar-refractivity contribution >= 4 is 22.7 Å². The van der Waals surface area contributed by atoms with Crippen molar-refractivity contribution in [2.75, 3.05) is 0 Å². The van der Waals surface area contributed by atoms with Gasteiger partial charge in [0.1, 0.15) is 0 Å². The summed E-state index contributed by atoms with van der Waals surface area (Å²) in [6.45, 7) is 0.184. The lowest BCUT2D eigenvalue weighted by Crippen LogP contribution is -2.53. The van der Waals surface area contributed by atoms with Crippen LogP contribution in [0.2, 0.25) is 0 Å². The molecule has 4 N–H and O–H groups in total. The van der Waals surface area contributed by atoms with Crippen molar-refractivity contribution in [3.63, 3.8) is 0 Å². The van der Waals surface area contributed by atoms with E-state index in [1.54, 1.807) is 29.0 Å². The Bertz CT molecular complexity index is 1110. The van der Waals surface area contributed by atoms with Crippen LogP contribution < -0.4 is 5.73 Å². The van der Waals surface area contributed by atoms with Crippen LogP contribution in [-0.4, -0.2) is 28.2 Å². The Morgan fingerprint density at radius 2 is 1.58 bits per heavy atom. The van der Waals surface area contributed by atoms with E-state index in [-0.39, 0.29) is 6.54 Å². The highest BCUT2D eigenvalue weighted by Crippen LogP contribution is 2.49. The molecule has 1 heterocycles. The van der Waals surface area contributed by atoms with Gasteiger partial charge in [-0.25, -0.2) is 0 Å². The first-order chi connectivity index (χ1) is 14.4. The molecule has 164 valence electrons. The standard InChI is InChI=1S/C21H17F6N3O/c22-20(23,24)19(31,21(25,26)27)17-4-1-13(2-5-17)12-30-8-7-15-9-14(3-6-18(15)30)16(10-28)11-29/h1-11,28,31H,12,29H2/b16-11+,28-10?. The molecule has 3 aromatic rings. The maximum absolute atomic E-state index is 13.0. The predicted octanol–water partition coefficient (Wildman–Crippen LogP) is 4.95. The number of allylic oxidation sites excluding steroid dienone is 1. The smallest absolute Gasteiger partial charge is 0.404 e. The SMILES string of the molecule is N=C/C(=C\N)c1ccc2c(ccn2Cc2ccc(C(O)(C(F)(F)F)C(F)(F)F)cc2)c1. The second-order valence-corrected chi connectivity index (χ2v) is 6.89. The Hall–Kier alpha value is -3.27. The van der Waals surface area contributed by atoms with Crippen molar-refractivity contribution < 1.29 is 31.4 Å². The molecule has 0 spiro atoms. The van der Waals surface area contributed by atoms with Crippen molar-refractivity contribution in [1.82, 2.24) is 4.57 Å². The average molecular weight is 441 g/mol. The molecule has 4 nitrogen and oxygen atoms in total. The molecule has 0 bridgehead atoms. The van der Waals surface area contributed by atoms with Gasteiger partial charge in [-0.3, -0.25) is 0 Å². The number of nitrogens with zero attached hydrogens (tertiary/aromatic N) is 1. The summed E-state index contributed by atoms with van der Waals surface area (Å²) in [5.41, 5.74) is 1.71. The minimum atomic E-state index is -5.92. The molecule has 0 fully saturated rings. The summed E-state index contributed by atoms with van der Waals surface area (Å²) < 4.78 is 79.8. The third-order valence-corrected chi connectivity index (χ3v) is 4.98. The monoisotopic (exact) mass is 441 g/mol. The molecule has 0 amide bonds. The Balaban J connectivity index is 1.91. The third kappa shape index (κ3) is 3.90. The molecule has 0 aliphatic carbocycles. The van der Waals surface area contributed by atoms with Crippen molar-refractivity contribution in [3.05, 3.63) is 77.6 Å². The first-order valence-corrected chi connectivity index (χ1v) is 8.89. The largest absolute Gasteiger partial charge is 0.430 e. The Kier molecular flexibility index (Phi) is 5.62. The van der Waals surface area contributed by atoms with Crippen LogP contribution in [0.3, 0.4) is 0 Å². The number of benzene rings is 2. The molecule has 0 unspecified atom stereocenters. The van der Waals surface area contributed by atoms with Crippen LogP contribution in [0.4, 0.5) is 26.3 Å². The number of alkyl halides is 6. The number of aromatic nitrogens is 1. The van der Waals surface area contributed by atoms with Gasteiger partial charge in [-0.2, -0.15) is 26.3 Å². The number of hydrogen-bond acceptors (Lipinski definition) is 3. The quantitative estimate of drug-likeness (QED) is 0.387. The number of nitrogens with one attached hydrogen (secondary N) is 1. The number of hydrogen-bond donors (Lipinski definition) is 3. The van der Waals surface area contributed by atoms with E-state index in [4.69, 9.17) is 11.1 Å². The van der Waals surface area contributed by atoms with Crippen molar-refractivity contribution in [2.24, 2.45) is 5.73 Å². The van der Waals surface area contributed by atoms with Crippen LogP contribution in [0.25, 0.3) is 16.5 Å². The molecule has 3 rings (SSSR count). The first-order valence-electron chi connectivity index (χ1n) is 8.89. The van der Waals surface area contributed by atoms with Crippen LogP contribution in [0.15, 0.2) is 60.9 Å². The minimum absolute atomic E-state index is 0.184. The fraction of sp³-hybridized carbons (Fsp3) is 0.190. The molecular formula is C21H17F6N3O. The molecule has 0 aliphatic heterocycles. The number of fused-ring (bicyclic) bond motifs is 1. The molecule has 31 heavy (non-hydrogen) atoms. The van der Waals surface area contributed by atoms with Gasteiger partial charge in [-0.05, 0) is 29.3 Å². The van der Waals surface area contributed by atoms with Crippen molar-refractivity contribution in [3.8, 4) is 0 Å². The second kappa shape index (κ2) is 7.77. The van der Waals surface area contributed by atoms with Gasteiger partial charge >= 0.3 is 12.4 Å². The Labute approximate surface area is 172 Å². The summed E-state index contributed by atoms with van der Waals surface area (Å²) in [6.07, 6.45) is -7.71. The molecule has 1 aromatic heterocycles. The van der Waals surface area contributed by atoms with Gasteiger partial charge in [0.15, 0.2) is 0 Å². The molecule has 0 aliphatic rings. The fourth-order valence-electron chi connectivity index (χ4n) is 3.28. The molecule has 10 heteroatoms. The van der Waals surface area contributed by atoms with Crippen molar-refractivity contribution in [1.29, 1.82) is 5.41 Å². The zero-order chi connectivity index (χ0) is 23.0. The maximum Gasteiger partial charge on any atom is 0.430 e. The lowest BCUT2D eigenvalue weighted by atomic mass is 9.91. The lowest BCUT2D eigenvalue weighted by Gasteiger charge is -2.32. The molecule has 0 saturated heterocycles. The van der Waals surface area contributed by atoms with Crippen LogP contribution in [0, 0.1) is 5.41 Å². The summed E-state index contributed by atoms with van der Waals surface area (Å²) in [7, 11) is 0.